The summed E-state index contributed by atoms with van der Waals surface area (Å²) in [7, 11) is 0. The number of hydrogen-bond donors (Lipinski definition) is 0. The maximum absolute atomic E-state index is 13.2. The van der Waals surface area contributed by atoms with Crippen molar-refractivity contribution in [1.82, 2.24) is 0 Å². The van der Waals surface area contributed by atoms with Crippen LogP contribution in [0.1, 0.15) is 55.0 Å². The fourth-order valence-electron chi connectivity index (χ4n) is 5.07. The standard InChI is InChI=1S/C35H34O8/c1-4-11-27-29(17-16-25-28(36)21-31(43-34(25)27)35(38)39-5-2)41-19-10-9-18-40-24-14-15-26-30(20-24)42-22(3)32(33(26)37)23-12-7-6-8-13-23/h6-8,12-17,20-21H,4-5,9-11,18-19H2,1-3H3. The topological polar surface area (TPSA) is 105 Å². The summed E-state index contributed by atoms with van der Waals surface area (Å²) < 4.78 is 28.9. The molecule has 0 saturated carbocycles. The number of unbranched alkanes of at least 4 members (excludes halogenated alkanes) is 1. The quantitative estimate of drug-likeness (QED) is 0.112. The number of carbonyl (C=O) groups excluding carboxylic acids is 1. The van der Waals surface area contributed by atoms with Gasteiger partial charge in [-0.25, -0.2) is 4.79 Å². The van der Waals surface area contributed by atoms with E-state index >= 15 is 0 Å². The molecular weight excluding hydrogens is 548 g/mol. The van der Waals surface area contributed by atoms with Gasteiger partial charge in [0, 0.05) is 17.7 Å². The molecule has 0 fully saturated rings. The number of aryl methyl sites for hydroxylation is 2. The van der Waals surface area contributed by atoms with Crippen LogP contribution in [-0.4, -0.2) is 25.8 Å². The number of ether oxygens (including phenoxy) is 3. The van der Waals surface area contributed by atoms with Gasteiger partial charge in [0.15, 0.2) is 5.43 Å². The zero-order chi connectivity index (χ0) is 30.3. The van der Waals surface area contributed by atoms with Crippen LogP contribution in [0.15, 0.2) is 85.2 Å². The number of fused-ring (bicyclic) bond motifs is 2. The summed E-state index contributed by atoms with van der Waals surface area (Å²) in [6.07, 6.45) is 2.87. The van der Waals surface area contributed by atoms with Gasteiger partial charge in [0.1, 0.15) is 28.4 Å². The maximum atomic E-state index is 13.2. The average molecular weight is 583 g/mol. The molecule has 8 heteroatoms. The van der Waals surface area contributed by atoms with Crippen LogP contribution in [0.2, 0.25) is 0 Å². The Bertz CT molecular complexity index is 1870. The Kier molecular flexibility index (Phi) is 9.25. The van der Waals surface area contributed by atoms with Crippen LogP contribution in [-0.2, 0) is 11.2 Å². The molecule has 2 aromatic heterocycles. The fraction of sp³-hybridized carbons (Fsp3) is 0.286. The fourth-order valence-corrected chi connectivity index (χ4v) is 5.07. The van der Waals surface area contributed by atoms with E-state index in [1.54, 1.807) is 44.2 Å². The van der Waals surface area contributed by atoms with Gasteiger partial charge < -0.3 is 23.0 Å². The van der Waals surface area contributed by atoms with Crippen LogP contribution in [0.25, 0.3) is 33.1 Å². The molecule has 0 saturated heterocycles. The molecule has 8 nitrogen and oxygen atoms in total. The lowest BCUT2D eigenvalue weighted by molar-refractivity contribution is 0.0490. The van der Waals surface area contributed by atoms with Crippen LogP contribution < -0.4 is 20.3 Å². The Morgan fingerprint density at radius 1 is 0.837 bits per heavy atom. The van der Waals surface area contributed by atoms with Gasteiger partial charge in [-0.15, -0.1) is 0 Å². The first-order valence-electron chi connectivity index (χ1n) is 14.6. The molecule has 0 radical (unpaired) electrons. The van der Waals surface area contributed by atoms with Crippen molar-refractivity contribution in [2.45, 2.75) is 46.5 Å². The van der Waals surface area contributed by atoms with Crippen molar-refractivity contribution in [1.29, 1.82) is 0 Å². The van der Waals surface area contributed by atoms with Gasteiger partial charge >= 0.3 is 5.97 Å². The first kappa shape index (κ1) is 29.6. The van der Waals surface area contributed by atoms with E-state index in [9.17, 15) is 14.4 Å². The number of carbonyl (C=O) groups is 1. The zero-order valence-electron chi connectivity index (χ0n) is 24.6. The summed E-state index contributed by atoms with van der Waals surface area (Å²) in [5.74, 6) is 1.01. The third-order valence-electron chi connectivity index (χ3n) is 7.10. The summed E-state index contributed by atoms with van der Waals surface area (Å²) in [4.78, 5) is 38.1. The zero-order valence-corrected chi connectivity index (χ0v) is 24.6. The first-order chi connectivity index (χ1) is 20.9. The van der Waals surface area contributed by atoms with Crippen LogP contribution in [0.3, 0.4) is 0 Å². The van der Waals surface area contributed by atoms with Gasteiger partial charge in [-0.2, -0.15) is 0 Å². The summed E-state index contributed by atoms with van der Waals surface area (Å²) in [5, 5.41) is 0.906. The SMILES string of the molecule is CCCc1c(OCCCCOc2ccc3c(=O)c(-c4ccccc4)c(C)oc3c2)ccc2c(=O)cc(C(=O)OCC)oc12. The van der Waals surface area contributed by atoms with Crippen molar-refractivity contribution in [2.24, 2.45) is 0 Å². The van der Waals surface area contributed by atoms with Crippen molar-refractivity contribution in [3.8, 4) is 22.6 Å². The molecule has 222 valence electrons. The molecule has 3 aromatic carbocycles. The Morgan fingerprint density at radius 2 is 1.58 bits per heavy atom. The predicted molar refractivity (Wildman–Crippen MR) is 165 cm³/mol. The molecule has 5 aromatic rings. The van der Waals surface area contributed by atoms with Gasteiger partial charge in [-0.05, 0) is 62.9 Å². The van der Waals surface area contributed by atoms with Gasteiger partial charge in [0.05, 0.1) is 36.2 Å². The van der Waals surface area contributed by atoms with Crippen LogP contribution in [0.5, 0.6) is 11.5 Å². The highest BCUT2D eigenvalue weighted by molar-refractivity contribution is 5.90. The van der Waals surface area contributed by atoms with Crippen molar-refractivity contribution in [2.75, 3.05) is 19.8 Å². The molecule has 0 aliphatic carbocycles. The molecular formula is C35H34O8. The van der Waals surface area contributed by atoms with Gasteiger partial charge in [-0.1, -0.05) is 43.7 Å². The highest BCUT2D eigenvalue weighted by Crippen LogP contribution is 2.30. The Labute approximate surface area is 248 Å². The largest absolute Gasteiger partial charge is 0.493 e. The van der Waals surface area contributed by atoms with E-state index in [4.69, 9.17) is 23.0 Å². The molecule has 0 atom stereocenters. The first-order valence-corrected chi connectivity index (χ1v) is 14.6. The third kappa shape index (κ3) is 6.48. The van der Waals surface area contributed by atoms with Crippen molar-refractivity contribution in [3.05, 3.63) is 104 Å². The van der Waals surface area contributed by atoms with E-state index in [0.29, 0.717) is 64.4 Å². The average Bonchev–Trinajstić information content (AvgIpc) is 3.00. The van der Waals surface area contributed by atoms with Gasteiger partial charge in [0.25, 0.3) is 0 Å². The van der Waals surface area contributed by atoms with E-state index in [0.717, 1.165) is 30.4 Å². The molecule has 0 spiro atoms. The lowest BCUT2D eigenvalue weighted by Gasteiger charge is -2.14. The smallest absolute Gasteiger partial charge is 0.374 e. The molecule has 0 aliphatic rings. The highest BCUT2D eigenvalue weighted by Gasteiger charge is 2.18. The number of rotatable bonds is 12. The summed E-state index contributed by atoms with van der Waals surface area (Å²) >= 11 is 0. The van der Waals surface area contributed by atoms with Gasteiger partial charge in [-0.3, -0.25) is 9.59 Å². The van der Waals surface area contributed by atoms with Crippen LogP contribution >= 0.6 is 0 Å². The minimum atomic E-state index is -0.670. The van der Waals surface area contributed by atoms with E-state index in [1.165, 1.54) is 6.07 Å². The molecule has 43 heavy (non-hydrogen) atoms. The van der Waals surface area contributed by atoms with E-state index in [2.05, 4.69) is 0 Å². The number of benzene rings is 3. The molecule has 0 unspecified atom stereocenters. The van der Waals surface area contributed by atoms with E-state index in [-0.39, 0.29) is 23.2 Å². The van der Waals surface area contributed by atoms with Crippen LogP contribution in [0.4, 0.5) is 0 Å². The Balaban J connectivity index is 1.22. The third-order valence-corrected chi connectivity index (χ3v) is 7.10. The summed E-state index contributed by atoms with van der Waals surface area (Å²) in [6.45, 7) is 6.58. The molecule has 0 amide bonds. The van der Waals surface area contributed by atoms with E-state index < -0.39 is 5.97 Å². The minimum absolute atomic E-state index is 0.0684. The second kappa shape index (κ2) is 13.4. The molecule has 5 rings (SSSR count). The second-order valence-electron chi connectivity index (χ2n) is 10.2. The molecule has 0 bridgehead atoms. The van der Waals surface area contributed by atoms with Gasteiger partial charge in [0.2, 0.25) is 11.2 Å². The lowest BCUT2D eigenvalue weighted by atomic mass is 10.0. The van der Waals surface area contributed by atoms with Crippen LogP contribution in [0, 0.1) is 6.92 Å². The van der Waals surface area contributed by atoms with Crippen molar-refractivity contribution in [3.63, 3.8) is 0 Å². The van der Waals surface area contributed by atoms with Crippen molar-refractivity contribution < 1.29 is 27.8 Å². The Morgan fingerprint density at radius 3 is 2.33 bits per heavy atom. The maximum Gasteiger partial charge on any atom is 0.374 e. The van der Waals surface area contributed by atoms with Crippen molar-refractivity contribution >= 4 is 27.9 Å². The normalized spacial score (nSPS) is 11.1. The molecule has 0 N–H and O–H groups in total. The predicted octanol–water partition coefficient (Wildman–Crippen LogP) is 7.24. The number of hydrogen-bond acceptors (Lipinski definition) is 8. The minimum Gasteiger partial charge on any atom is -0.493 e. The lowest BCUT2D eigenvalue weighted by Crippen LogP contribution is -2.11. The molecule has 2 heterocycles. The molecule has 0 aliphatic heterocycles. The Hall–Kier alpha value is -4.85. The monoisotopic (exact) mass is 582 g/mol. The van der Waals surface area contributed by atoms with E-state index in [1.807, 2.05) is 37.3 Å². The summed E-state index contributed by atoms with van der Waals surface area (Å²) in [6, 6.07) is 19.4. The number of esters is 1. The highest BCUT2D eigenvalue weighted by atomic mass is 16.5. The summed E-state index contributed by atoms with van der Waals surface area (Å²) in [5.41, 5.74) is 2.62. The second-order valence-corrected chi connectivity index (χ2v) is 10.2.